The molecule has 0 atom stereocenters. The third-order valence-electron chi connectivity index (χ3n) is 3.74. The molecule has 0 fully saturated rings. The minimum Gasteiger partial charge on any atom is -0.372 e. The van der Waals surface area contributed by atoms with Crippen molar-refractivity contribution in [1.29, 1.82) is 0 Å². The van der Waals surface area contributed by atoms with E-state index >= 15 is 0 Å². The summed E-state index contributed by atoms with van der Waals surface area (Å²) < 4.78 is 0.505. The van der Waals surface area contributed by atoms with Crippen LogP contribution in [0.5, 0.6) is 0 Å². The van der Waals surface area contributed by atoms with Crippen LogP contribution in [-0.2, 0) is 0 Å². The van der Waals surface area contributed by atoms with Crippen molar-refractivity contribution in [3.05, 3.63) is 14.7 Å². The molecule has 0 aliphatic carbocycles. The van der Waals surface area contributed by atoms with E-state index in [1.54, 1.807) is 0 Å². The van der Waals surface area contributed by atoms with E-state index in [0.717, 1.165) is 37.4 Å². The summed E-state index contributed by atoms with van der Waals surface area (Å²) in [5.74, 6) is 0. The maximum atomic E-state index is 12.0. The van der Waals surface area contributed by atoms with E-state index in [9.17, 15) is 4.79 Å². The van der Waals surface area contributed by atoms with Gasteiger partial charge in [0.15, 0.2) is 0 Å². The molecule has 0 saturated heterocycles. The van der Waals surface area contributed by atoms with E-state index < -0.39 is 0 Å². The predicted molar refractivity (Wildman–Crippen MR) is 91.4 cm³/mol. The summed E-state index contributed by atoms with van der Waals surface area (Å²) in [6.45, 7) is 13.6. The highest BCUT2D eigenvalue weighted by molar-refractivity contribution is 7.71. The van der Waals surface area contributed by atoms with Crippen molar-refractivity contribution >= 4 is 23.6 Å². The van der Waals surface area contributed by atoms with Gasteiger partial charge in [-0.1, -0.05) is 33.0 Å². The molecule has 1 rings (SSSR count). The standard InChI is InChI=1S/C16H28N2OS/c1-7-18(8-2)12-13(15(20)14(12)19)17(6)11-9-10-16(3,4)5/h7-11H2,1-6H3. The lowest BCUT2D eigenvalue weighted by Gasteiger charge is -2.31. The summed E-state index contributed by atoms with van der Waals surface area (Å²) in [5.41, 5.74) is 2.19. The Labute approximate surface area is 128 Å². The van der Waals surface area contributed by atoms with E-state index in [4.69, 9.17) is 12.2 Å². The van der Waals surface area contributed by atoms with Crippen LogP contribution in [0.15, 0.2) is 4.79 Å². The Balaban J connectivity index is 2.79. The summed E-state index contributed by atoms with van der Waals surface area (Å²) in [6.07, 6.45) is 2.29. The lowest BCUT2D eigenvalue weighted by atomic mass is 9.90. The highest BCUT2D eigenvalue weighted by Crippen LogP contribution is 2.31. The maximum absolute atomic E-state index is 12.0. The highest BCUT2D eigenvalue weighted by Gasteiger charge is 2.24. The van der Waals surface area contributed by atoms with Crippen molar-refractivity contribution in [3.8, 4) is 0 Å². The van der Waals surface area contributed by atoms with Gasteiger partial charge in [-0.3, -0.25) is 4.79 Å². The fraction of sp³-hybridized carbons (Fsp3) is 0.750. The van der Waals surface area contributed by atoms with Crippen LogP contribution < -0.4 is 15.2 Å². The minimum absolute atomic E-state index is 0.0429. The SMILES string of the molecule is CCN(CC)c1c(N(C)CCCC(C)(C)C)c(=S)c1=O. The number of rotatable bonds is 7. The fourth-order valence-electron chi connectivity index (χ4n) is 2.51. The van der Waals surface area contributed by atoms with Crippen LogP contribution >= 0.6 is 12.2 Å². The Morgan fingerprint density at radius 2 is 1.65 bits per heavy atom. The molecule has 0 heterocycles. The molecular formula is C16H28N2OS. The van der Waals surface area contributed by atoms with E-state index in [2.05, 4.69) is 44.4 Å². The topological polar surface area (TPSA) is 23.6 Å². The van der Waals surface area contributed by atoms with Crippen LogP contribution in [0.3, 0.4) is 0 Å². The van der Waals surface area contributed by atoms with Gasteiger partial charge >= 0.3 is 0 Å². The lowest BCUT2D eigenvalue weighted by molar-refractivity contribution is 0.367. The third-order valence-corrected chi connectivity index (χ3v) is 4.12. The summed E-state index contributed by atoms with van der Waals surface area (Å²) in [7, 11) is 2.04. The summed E-state index contributed by atoms with van der Waals surface area (Å²) in [4.78, 5) is 16.3. The minimum atomic E-state index is 0.0429. The number of hydrogen-bond donors (Lipinski definition) is 0. The molecule has 0 spiro atoms. The van der Waals surface area contributed by atoms with Crippen LogP contribution in [0.4, 0.5) is 11.4 Å². The zero-order valence-electron chi connectivity index (χ0n) is 13.7. The normalized spacial score (nSPS) is 11.9. The van der Waals surface area contributed by atoms with Crippen molar-refractivity contribution in [2.45, 2.75) is 47.5 Å². The van der Waals surface area contributed by atoms with E-state index in [0.29, 0.717) is 9.93 Å². The molecule has 0 aliphatic rings. The van der Waals surface area contributed by atoms with Gasteiger partial charge < -0.3 is 9.80 Å². The second-order valence-corrected chi connectivity index (χ2v) is 7.02. The Kier molecular flexibility index (Phi) is 5.75. The summed E-state index contributed by atoms with van der Waals surface area (Å²) >= 11 is 5.24. The van der Waals surface area contributed by atoms with Crippen molar-refractivity contribution in [1.82, 2.24) is 0 Å². The van der Waals surface area contributed by atoms with Gasteiger partial charge in [-0.25, -0.2) is 0 Å². The highest BCUT2D eigenvalue weighted by atomic mass is 32.1. The van der Waals surface area contributed by atoms with Crippen LogP contribution in [0.2, 0.25) is 0 Å². The second kappa shape index (κ2) is 6.70. The molecule has 1 aromatic carbocycles. The number of nitrogens with zero attached hydrogens (tertiary/aromatic N) is 2. The first-order valence-corrected chi connectivity index (χ1v) is 7.93. The molecule has 114 valence electrons. The Hall–Kier alpha value is -0.900. The average molecular weight is 296 g/mol. The Bertz CT molecular complexity index is 505. The maximum Gasteiger partial charge on any atom is 0.224 e. The van der Waals surface area contributed by atoms with Crippen LogP contribution in [0.25, 0.3) is 0 Å². The predicted octanol–water partition coefficient (Wildman–Crippen LogP) is 3.76. The van der Waals surface area contributed by atoms with Gasteiger partial charge in [0.2, 0.25) is 5.43 Å². The van der Waals surface area contributed by atoms with Crippen LogP contribution in [-0.4, -0.2) is 26.7 Å². The molecule has 0 bridgehead atoms. The molecule has 3 nitrogen and oxygen atoms in total. The van der Waals surface area contributed by atoms with Gasteiger partial charge in [-0.15, -0.1) is 0 Å². The second-order valence-electron chi connectivity index (χ2n) is 6.61. The smallest absolute Gasteiger partial charge is 0.224 e. The van der Waals surface area contributed by atoms with Gasteiger partial charge in [-0.05, 0) is 32.1 Å². The zero-order valence-corrected chi connectivity index (χ0v) is 14.6. The fourth-order valence-corrected chi connectivity index (χ4v) is 2.86. The number of hydrogen-bond acceptors (Lipinski definition) is 4. The molecule has 0 amide bonds. The molecule has 0 N–H and O–H groups in total. The van der Waals surface area contributed by atoms with Crippen LogP contribution in [0.1, 0.15) is 47.5 Å². The molecule has 0 unspecified atom stereocenters. The molecule has 0 aromatic heterocycles. The van der Waals surface area contributed by atoms with Gasteiger partial charge in [0, 0.05) is 26.7 Å². The molecule has 4 heteroatoms. The summed E-state index contributed by atoms with van der Waals surface area (Å²) in [5, 5.41) is 0. The molecule has 0 saturated carbocycles. The van der Waals surface area contributed by atoms with Crippen molar-refractivity contribution in [2.75, 3.05) is 36.5 Å². The monoisotopic (exact) mass is 296 g/mol. The summed E-state index contributed by atoms with van der Waals surface area (Å²) in [6, 6.07) is 0. The Morgan fingerprint density at radius 3 is 2.10 bits per heavy atom. The molecule has 1 aromatic rings. The first kappa shape index (κ1) is 17.2. The average Bonchev–Trinajstić information content (AvgIpc) is 2.36. The molecule has 0 radical (unpaired) electrons. The van der Waals surface area contributed by atoms with E-state index in [1.165, 1.54) is 6.42 Å². The van der Waals surface area contributed by atoms with Gasteiger partial charge in [-0.2, -0.15) is 0 Å². The van der Waals surface area contributed by atoms with Crippen LogP contribution in [0, 0.1) is 9.93 Å². The largest absolute Gasteiger partial charge is 0.372 e. The third kappa shape index (κ3) is 3.81. The van der Waals surface area contributed by atoms with E-state index in [-0.39, 0.29) is 5.43 Å². The zero-order chi connectivity index (χ0) is 15.5. The van der Waals surface area contributed by atoms with Crippen molar-refractivity contribution < 1.29 is 0 Å². The molecule has 0 aliphatic heterocycles. The Morgan fingerprint density at radius 1 is 1.10 bits per heavy atom. The van der Waals surface area contributed by atoms with Gasteiger partial charge in [0.1, 0.15) is 10.2 Å². The van der Waals surface area contributed by atoms with Gasteiger partial charge in [0.05, 0.1) is 5.69 Å². The number of anilines is 2. The quantitative estimate of drug-likeness (QED) is 0.715. The molecular weight excluding hydrogens is 268 g/mol. The van der Waals surface area contributed by atoms with Gasteiger partial charge in [0.25, 0.3) is 0 Å². The van der Waals surface area contributed by atoms with Crippen molar-refractivity contribution in [2.24, 2.45) is 5.41 Å². The lowest BCUT2D eigenvalue weighted by Crippen LogP contribution is -2.36. The molecule has 20 heavy (non-hydrogen) atoms. The van der Waals surface area contributed by atoms with E-state index in [1.807, 2.05) is 7.05 Å². The first-order chi connectivity index (χ1) is 9.22. The van der Waals surface area contributed by atoms with Crippen molar-refractivity contribution in [3.63, 3.8) is 0 Å². The first-order valence-electron chi connectivity index (χ1n) is 7.52.